The molecule has 0 bridgehead atoms. The maximum absolute atomic E-state index is 11.8. The Kier molecular flexibility index (Phi) is 2.39. The number of fused-ring (bicyclic) bond motifs is 4. The Bertz CT molecular complexity index is 608. The van der Waals surface area contributed by atoms with E-state index in [0.29, 0.717) is 0 Å². The number of carbonyl (C=O) groups excluding carboxylic acids is 1. The highest BCUT2D eigenvalue weighted by Crippen LogP contribution is 2.42. The van der Waals surface area contributed by atoms with Gasteiger partial charge in [0.2, 0.25) is 0 Å². The third-order valence-electron chi connectivity index (χ3n) is 4.56. The van der Waals surface area contributed by atoms with Gasteiger partial charge in [-0.2, -0.15) is 0 Å². The molecule has 0 aromatic heterocycles. The van der Waals surface area contributed by atoms with E-state index in [0.717, 1.165) is 37.4 Å². The first-order valence-corrected chi connectivity index (χ1v) is 7.17. The minimum atomic E-state index is 0.0911. The Morgan fingerprint density at radius 3 is 3.05 bits per heavy atom. The molecule has 2 heterocycles. The summed E-state index contributed by atoms with van der Waals surface area (Å²) in [6.07, 6.45) is 2.97. The number of rotatable bonds is 0. The minimum Gasteiger partial charge on any atom is -0.336 e. The van der Waals surface area contributed by atoms with Gasteiger partial charge >= 0.3 is 6.03 Å². The van der Waals surface area contributed by atoms with E-state index in [1.54, 1.807) is 0 Å². The molecule has 1 saturated heterocycles. The second-order valence-corrected chi connectivity index (χ2v) is 5.82. The van der Waals surface area contributed by atoms with Crippen LogP contribution >= 0.6 is 11.6 Å². The molecule has 0 saturated carbocycles. The number of hydrogen-bond donors (Lipinski definition) is 1. The lowest BCUT2D eigenvalue weighted by Gasteiger charge is -2.36. The Morgan fingerprint density at radius 2 is 2.16 bits per heavy atom. The molecular weight excluding hydrogens is 260 g/mol. The number of amides is 2. The number of benzene rings is 1. The van der Waals surface area contributed by atoms with Crippen LogP contribution in [0.5, 0.6) is 0 Å². The molecule has 2 aliphatic heterocycles. The summed E-state index contributed by atoms with van der Waals surface area (Å²) in [6.45, 7) is 1.58. The van der Waals surface area contributed by atoms with Crippen LogP contribution in [0.15, 0.2) is 23.8 Å². The molecule has 4 rings (SSSR count). The molecular formula is C15H15ClN2O. The molecule has 1 aromatic carbocycles. The predicted octanol–water partition coefficient (Wildman–Crippen LogP) is 2.84. The molecule has 2 amide bonds. The fourth-order valence-corrected chi connectivity index (χ4v) is 3.95. The summed E-state index contributed by atoms with van der Waals surface area (Å²) in [7, 11) is 0. The van der Waals surface area contributed by atoms with Gasteiger partial charge in [0.25, 0.3) is 0 Å². The lowest BCUT2D eigenvalue weighted by Crippen LogP contribution is -2.40. The van der Waals surface area contributed by atoms with Crippen LogP contribution in [-0.2, 0) is 6.42 Å². The highest BCUT2D eigenvalue weighted by atomic mass is 35.5. The van der Waals surface area contributed by atoms with Crippen molar-refractivity contribution in [3.8, 4) is 0 Å². The van der Waals surface area contributed by atoms with Crippen molar-refractivity contribution >= 4 is 23.2 Å². The molecule has 1 N–H and O–H groups in total. The largest absolute Gasteiger partial charge is 0.336 e. The Labute approximate surface area is 117 Å². The van der Waals surface area contributed by atoms with Crippen LogP contribution in [0.1, 0.15) is 24.0 Å². The summed E-state index contributed by atoms with van der Waals surface area (Å²) in [4.78, 5) is 13.7. The summed E-state index contributed by atoms with van der Waals surface area (Å²) in [5.41, 5.74) is 5.47. The average Bonchev–Trinajstić information content (AvgIpc) is 2.81. The molecule has 0 spiro atoms. The second kappa shape index (κ2) is 4.01. The quantitative estimate of drug-likeness (QED) is 0.775. The highest BCUT2D eigenvalue weighted by molar-refractivity contribution is 6.31. The van der Waals surface area contributed by atoms with Crippen LogP contribution in [-0.4, -0.2) is 30.1 Å². The summed E-state index contributed by atoms with van der Waals surface area (Å²) in [5, 5.41) is 3.84. The molecule has 0 radical (unpaired) electrons. The van der Waals surface area contributed by atoms with Gasteiger partial charge in [0.1, 0.15) is 0 Å². The molecule has 19 heavy (non-hydrogen) atoms. The first-order chi connectivity index (χ1) is 9.25. The second-order valence-electron chi connectivity index (χ2n) is 5.41. The minimum absolute atomic E-state index is 0.0911. The fraction of sp³-hybridized carbons (Fsp3) is 0.400. The monoisotopic (exact) mass is 274 g/mol. The number of halogens is 1. The zero-order chi connectivity index (χ0) is 13.0. The number of hydrogen-bond acceptors (Lipinski definition) is 1. The van der Waals surface area contributed by atoms with Crippen molar-refractivity contribution in [1.29, 1.82) is 0 Å². The first-order valence-electron chi connectivity index (χ1n) is 6.80. The molecule has 1 aliphatic carbocycles. The normalized spacial score (nSPS) is 24.8. The summed E-state index contributed by atoms with van der Waals surface area (Å²) in [6, 6.07) is 6.54. The summed E-state index contributed by atoms with van der Waals surface area (Å²) < 4.78 is 0. The Balaban J connectivity index is 1.84. The number of carbonyl (C=O) groups is 1. The zero-order valence-electron chi connectivity index (χ0n) is 10.6. The van der Waals surface area contributed by atoms with Crippen LogP contribution in [0, 0.1) is 0 Å². The van der Waals surface area contributed by atoms with Gasteiger partial charge < -0.3 is 10.2 Å². The Hall–Kier alpha value is -1.48. The Morgan fingerprint density at radius 1 is 1.26 bits per heavy atom. The van der Waals surface area contributed by atoms with Crippen LogP contribution < -0.4 is 5.32 Å². The van der Waals surface area contributed by atoms with E-state index >= 15 is 0 Å². The van der Waals surface area contributed by atoms with Crippen molar-refractivity contribution in [2.45, 2.75) is 25.3 Å². The molecule has 1 unspecified atom stereocenters. The van der Waals surface area contributed by atoms with Gasteiger partial charge in [-0.15, -0.1) is 0 Å². The van der Waals surface area contributed by atoms with Gasteiger partial charge in [-0.25, -0.2) is 4.79 Å². The molecule has 1 aromatic rings. The molecule has 1 atom stereocenters. The zero-order valence-corrected chi connectivity index (χ0v) is 11.3. The maximum atomic E-state index is 11.8. The van der Waals surface area contributed by atoms with Gasteiger partial charge in [0, 0.05) is 18.1 Å². The molecule has 4 heteroatoms. The number of nitrogens with zero attached hydrogens (tertiary/aromatic N) is 1. The van der Waals surface area contributed by atoms with Crippen molar-refractivity contribution in [1.82, 2.24) is 10.2 Å². The van der Waals surface area contributed by atoms with E-state index < -0.39 is 0 Å². The van der Waals surface area contributed by atoms with E-state index in [1.807, 2.05) is 17.0 Å². The van der Waals surface area contributed by atoms with Gasteiger partial charge in [-0.1, -0.05) is 23.7 Å². The average molecular weight is 275 g/mol. The van der Waals surface area contributed by atoms with Crippen molar-refractivity contribution in [2.75, 3.05) is 13.1 Å². The molecule has 98 valence electrons. The standard InChI is InChI=1S/C15H15ClN2O/c16-13-3-1-2-9-10-6-7-18-14(8-17-15(18)19)12(10)5-4-11(9)13/h1-3,14H,4-8H2,(H,17,19). The molecule has 3 nitrogen and oxygen atoms in total. The third kappa shape index (κ3) is 1.54. The van der Waals surface area contributed by atoms with E-state index in [9.17, 15) is 4.79 Å². The van der Waals surface area contributed by atoms with Gasteiger partial charge in [-0.3, -0.25) is 0 Å². The predicted molar refractivity (Wildman–Crippen MR) is 75.2 cm³/mol. The summed E-state index contributed by atoms with van der Waals surface area (Å²) >= 11 is 6.31. The van der Waals surface area contributed by atoms with Crippen molar-refractivity contribution in [2.24, 2.45) is 0 Å². The van der Waals surface area contributed by atoms with Crippen molar-refractivity contribution in [3.05, 3.63) is 39.9 Å². The van der Waals surface area contributed by atoms with E-state index in [4.69, 9.17) is 11.6 Å². The van der Waals surface area contributed by atoms with Crippen molar-refractivity contribution < 1.29 is 4.79 Å². The van der Waals surface area contributed by atoms with Gasteiger partial charge in [0.05, 0.1) is 6.04 Å². The van der Waals surface area contributed by atoms with Gasteiger partial charge in [0.15, 0.2) is 0 Å². The van der Waals surface area contributed by atoms with Crippen LogP contribution in [0.25, 0.3) is 5.57 Å². The third-order valence-corrected chi connectivity index (χ3v) is 4.92. The topological polar surface area (TPSA) is 32.3 Å². The number of urea groups is 1. The highest BCUT2D eigenvalue weighted by Gasteiger charge is 2.39. The van der Waals surface area contributed by atoms with E-state index in [-0.39, 0.29) is 12.1 Å². The van der Waals surface area contributed by atoms with E-state index in [2.05, 4.69) is 11.4 Å². The first kappa shape index (κ1) is 11.4. The maximum Gasteiger partial charge on any atom is 0.318 e. The van der Waals surface area contributed by atoms with Crippen LogP contribution in [0.3, 0.4) is 0 Å². The lowest BCUT2D eigenvalue weighted by atomic mass is 9.79. The fourth-order valence-electron chi connectivity index (χ4n) is 3.68. The molecule has 3 aliphatic rings. The van der Waals surface area contributed by atoms with Crippen LogP contribution in [0.2, 0.25) is 5.02 Å². The number of nitrogens with one attached hydrogen (secondary N) is 1. The molecule has 1 fully saturated rings. The lowest BCUT2D eigenvalue weighted by molar-refractivity contribution is 0.207. The van der Waals surface area contributed by atoms with Crippen LogP contribution in [0.4, 0.5) is 4.79 Å². The van der Waals surface area contributed by atoms with E-state index in [1.165, 1.54) is 22.3 Å². The SMILES string of the molecule is O=C1NCC2C3=C(CCN12)c1cccc(Cl)c1CC3. The van der Waals surface area contributed by atoms with Crippen molar-refractivity contribution in [3.63, 3.8) is 0 Å². The van der Waals surface area contributed by atoms with Gasteiger partial charge in [-0.05, 0) is 47.6 Å². The summed E-state index contributed by atoms with van der Waals surface area (Å²) in [5.74, 6) is 0. The smallest absolute Gasteiger partial charge is 0.318 e.